The average Bonchev–Trinajstić information content (AvgIpc) is 2.76. The highest BCUT2D eigenvalue weighted by Crippen LogP contribution is 2.34. The number of sulfonamides is 1. The van der Waals surface area contributed by atoms with Crippen molar-refractivity contribution >= 4 is 32.3 Å². The van der Waals surface area contributed by atoms with Crippen LogP contribution in [0.3, 0.4) is 0 Å². The standard InChI is InChI=1S/C20H20F3NO8S2/c1-14-6-9-16(10-7-14)33(26,27)24(19(25)31-3)12-4-5-15-8-11-17(18(13-15)30-2)32-34(28,29)20(21,22)23/h4-11,13H,12H2,1-3H3/b5-4+. The Morgan fingerprint density at radius 2 is 1.62 bits per heavy atom. The Morgan fingerprint density at radius 3 is 2.15 bits per heavy atom. The molecule has 1 amide bonds. The number of ether oxygens (including phenoxy) is 2. The van der Waals surface area contributed by atoms with Crippen molar-refractivity contribution in [3.8, 4) is 11.5 Å². The van der Waals surface area contributed by atoms with Gasteiger partial charge in [0, 0.05) is 0 Å². The molecule has 0 fully saturated rings. The van der Waals surface area contributed by atoms with Crippen molar-refractivity contribution in [2.75, 3.05) is 20.8 Å². The summed E-state index contributed by atoms with van der Waals surface area (Å²) in [4.78, 5) is 12.0. The Labute approximate surface area is 194 Å². The monoisotopic (exact) mass is 523 g/mol. The van der Waals surface area contributed by atoms with Gasteiger partial charge in [0.25, 0.3) is 10.0 Å². The van der Waals surface area contributed by atoms with Gasteiger partial charge in [-0.15, -0.1) is 0 Å². The van der Waals surface area contributed by atoms with Gasteiger partial charge in [-0.05, 0) is 36.8 Å². The van der Waals surface area contributed by atoms with Crippen LogP contribution in [0.15, 0.2) is 53.4 Å². The fourth-order valence-corrected chi connectivity index (χ4v) is 4.27. The number of hydrogen-bond donors (Lipinski definition) is 0. The van der Waals surface area contributed by atoms with E-state index in [1.165, 1.54) is 30.4 Å². The molecule has 2 aromatic carbocycles. The summed E-state index contributed by atoms with van der Waals surface area (Å²) in [5.41, 5.74) is -4.53. The van der Waals surface area contributed by atoms with Gasteiger partial charge in [-0.1, -0.05) is 35.9 Å². The molecular formula is C20H20F3NO8S2. The van der Waals surface area contributed by atoms with Crippen molar-refractivity contribution in [3.05, 3.63) is 59.7 Å². The third-order valence-electron chi connectivity index (χ3n) is 4.24. The van der Waals surface area contributed by atoms with Gasteiger partial charge in [-0.25, -0.2) is 13.2 Å². The molecule has 186 valence electrons. The minimum atomic E-state index is -5.91. The molecule has 14 heteroatoms. The van der Waals surface area contributed by atoms with E-state index < -0.39 is 44.0 Å². The van der Waals surface area contributed by atoms with E-state index in [0.717, 1.165) is 31.9 Å². The molecule has 0 saturated carbocycles. The molecule has 0 aliphatic rings. The Hall–Kier alpha value is -3.26. The molecule has 0 spiro atoms. The van der Waals surface area contributed by atoms with Crippen LogP contribution < -0.4 is 8.92 Å². The molecule has 0 aliphatic heterocycles. The fraction of sp³-hybridized carbons (Fsp3) is 0.250. The number of hydrogen-bond acceptors (Lipinski definition) is 8. The number of carbonyl (C=O) groups is 1. The van der Waals surface area contributed by atoms with Crippen LogP contribution in [0.5, 0.6) is 11.5 Å². The minimum Gasteiger partial charge on any atom is -0.493 e. The number of benzene rings is 2. The Morgan fingerprint density at radius 1 is 1.00 bits per heavy atom. The predicted molar refractivity (Wildman–Crippen MR) is 115 cm³/mol. The van der Waals surface area contributed by atoms with Crippen LogP contribution in [-0.4, -0.2) is 53.5 Å². The first-order valence-electron chi connectivity index (χ1n) is 9.25. The number of amides is 1. The number of methoxy groups -OCH3 is 2. The van der Waals surface area contributed by atoms with E-state index >= 15 is 0 Å². The van der Waals surface area contributed by atoms with Gasteiger partial charge in [0.1, 0.15) is 0 Å². The molecule has 0 atom stereocenters. The van der Waals surface area contributed by atoms with E-state index in [-0.39, 0.29) is 16.2 Å². The highest BCUT2D eigenvalue weighted by atomic mass is 32.2. The molecule has 0 radical (unpaired) electrons. The molecule has 0 N–H and O–H groups in total. The Bertz CT molecular complexity index is 1270. The maximum absolute atomic E-state index is 12.9. The highest BCUT2D eigenvalue weighted by molar-refractivity contribution is 7.89. The first-order valence-corrected chi connectivity index (χ1v) is 12.1. The lowest BCUT2D eigenvalue weighted by atomic mass is 10.2. The van der Waals surface area contributed by atoms with Crippen LogP contribution in [0, 0.1) is 6.92 Å². The summed E-state index contributed by atoms with van der Waals surface area (Å²) in [6.45, 7) is 1.33. The average molecular weight is 524 g/mol. The van der Waals surface area contributed by atoms with Crippen molar-refractivity contribution in [2.24, 2.45) is 0 Å². The topological polar surface area (TPSA) is 116 Å². The lowest BCUT2D eigenvalue weighted by molar-refractivity contribution is -0.0500. The summed E-state index contributed by atoms with van der Waals surface area (Å²) < 4.78 is 99.8. The number of halogens is 3. The highest BCUT2D eigenvalue weighted by Gasteiger charge is 2.49. The lowest BCUT2D eigenvalue weighted by Crippen LogP contribution is -2.37. The molecule has 34 heavy (non-hydrogen) atoms. The van der Waals surface area contributed by atoms with Crippen LogP contribution in [0.2, 0.25) is 0 Å². The van der Waals surface area contributed by atoms with Crippen molar-refractivity contribution in [3.63, 3.8) is 0 Å². The molecule has 9 nitrogen and oxygen atoms in total. The number of rotatable bonds is 8. The second-order valence-corrected chi connectivity index (χ2v) is 10.0. The van der Waals surface area contributed by atoms with Gasteiger partial charge in [0.2, 0.25) is 0 Å². The van der Waals surface area contributed by atoms with Crippen LogP contribution in [0.4, 0.5) is 18.0 Å². The quantitative estimate of drug-likeness (QED) is 0.380. The Balaban J connectivity index is 2.29. The maximum atomic E-state index is 12.9. The third kappa shape index (κ3) is 6.20. The number of alkyl halides is 3. The zero-order valence-corrected chi connectivity index (χ0v) is 19.7. The van der Waals surface area contributed by atoms with E-state index in [0.29, 0.717) is 4.31 Å². The second-order valence-electron chi connectivity index (χ2n) is 6.62. The van der Waals surface area contributed by atoms with Crippen LogP contribution in [-0.2, 0) is 24.9 Å². The smallest absolute Gasteiger partial charge is 0.493 e. The first-order chi connectivity index (χ1) is 15.7. The molecule has 0 aliphatic carbocycles. The molecule has 0 bridgehead atoms. The van der Waals surface area contributed by atoms with Gasteiger partial charge in [0.15, 0.2) is 11.5 Å². The van der Waals surface area contributed by atoms with Gasteiger partial charge in [-0.2, -0.15) is 25.9 Å². The molecule has 2 rings (SSSR count). The molecule has 0 saturated heterocycles. The van der Waals surface area contributed by atoms with Gasteiger partial charge in [-0.3, -0.25) is 0 Å². The number of carbonyl (C=O) groups excluding carboxylic acids is 1. The lowest BCUT2D eigenvalue weighted by Gasteiger charge is -2.19. The van der Waals surface area contributed by atoms with Crippen molar-refractivity contribution in [1.29, 1.82) is 0 Å². The fourth-order valence-electron chi connectivity index (χ4n) is 2.52. The van der Waals surface area contributed by atoms with E-state index in [1.54, 1.807) is 19.1 Å². The van der Waals surface area contributed by atoms with E-state index in [2.05, 4.69) is 8.92 Å². The largest absolute Gasteiger partial charge is 0.534 e. The van der Waals surface area contributed by atoms with Gasteiger partial charge >= 0.3 is 21.7 Å². The zero-order chi connectivity index (χ0) is 25.7. The zero-order valence-electron chi connectivity index (χ0n) is 18.1. The van der Waals surface area contributed by atoms with Gasteiger partial charge < -0.3 is 13.7 Å². The predicted octanol–water partition coefficient (Wildman–Crippen LogP) is 3.70. The molecule has 0 unspecified atom stereocenters. The summed E-state index contributed by atoms with van der Waals surface area (Å²) in [5, 5.41) is 0. The second kappa shape index (κ2) is 10.3. The normalized spacial score (nSPS) is 12.4. The first kappa shape index (κ1) is 27.0. The van der Waals surface area contributed by atoms with Crippen LogP contribution >= 0.6 is 0 Å². The molecule has 0 heterocycles. The third-order valence-corrected chi connectivity index (χ3v) is 6.95. The summed E-state index contributed by atoms with van der Waals surface area (Å²) in [7, 11) is -8.05. The van der Waals surface area contributed by atoms with Crippen LogP contribution in [0.1, 0.15) is 11.1 Å². The van der Waals surface area contributed by atoms with Crippen molar-refractivity contribution in [1.82, 2.24) is 4.31 Å². The summed E-state index contributed by atoms with van der Waals surface area (Å²) >= 11 is 0. The van der Waals surface area contributed by atoms with E-state index in [1.807, 2.05) is 0 Å². The molecule has 2 aromatic rings. The summed E-state index contributed by atoms with van der Waals surface area (Å²) in [6.07, 6.45) is 1.49. The van der Waals surface area contributed by atoms with Crippen molar-refractivity contribution in [2.45, 2.75) is 17.3 Å². The molecular weight excluding hydrogens is 503 g/mol. The molecule has 0 aromatic heterocycles. The number of aryl methyl sites for hydroxylation is 1. The van der Waals surface area contributed by atoms with Crippen molar-refractivity contribution < 1.29 is 48.5 Å². The van der Waals surface area contributed by atoms with E-state index in [4.69, 9.17) is 4.74 Å². The SMILES string of the molecule is COC(=O)N(C/C=C/c1ccc(OS(=O)(=O)C(F)(F)F)c(OC)c1)S(=O)(=O)c1ccc(C)cc1. The minimum absolute atomic E-state index is 0.133. The maximum Gasteiger partial charge on any atom is 0.534 e. The van der Waals surface area contributed by atoms with Crippen LogP contribution in [0.25, 0.3) is 6.08 Å². The summed E-state index contributed by atoms with van der Waals surface area (Å²) in [6, 6.07) is 9.10. The van der Waals surface area contributed by atoms with Gasteiger partial charge in [0.05, 0.1) is 25.7 Å². The van der Waals surface area contributed by atoms with E-state index in [9.17, 15) is 34.8 Å². The Kier molecular flexibility index (Phi) is 8.21. The number of nitrogens with zero attached hydrogens (tertiary/aromatic N) is 1. The summed E-state index contributed by atoms with van der Waals surface area (Å²) in [5.74, 6) is -1.03.